The maximum Gasteiger partial charge on any atom is 0.345 e. The fourth-order valence-electron chi connectivity index (χ4n) is 3.27. The number of fused-ring (bicyclic) bond motifs is 2. The van der Waals surface area contributed by atoms with Gasteiger partial charge in [-0.1, -0.05) is 6.92 Å². The molecule has 0 saturated carbocycles. The Balaban J connectivity index is 1.67. The summed E-state index contributed by atoms with van der Waals surface area (Å²) in [5.74, 6) is 0.683. The minimum atomic E-state index is -0.425. The van der Waals surface area contributed by atoms with Crippen molar-refractivity contribution in [1.29, 1.82) is 0 Å². The van der Waals surface area contributed by atoms with E-state index in [0.717, 1.165) is 35.5 Å². The van der Waals surface area contributed by atoms with Crippen molar-refractivity contribution in [3.05, 3.63) is 58.5 Å². The Morgan fingerprint density at radius 2 is 2.00 bits per heavy atom. The molecule has 7 heteroatoms. The van der Waals surface area contributed by atoms with E-state index in [2.05, 4.69) is 21.8 Å². The van der Waals surface area contributed by atoms with E-state index in [1.165, 1.54) is 0 Å². The molecule has 3 aromatic heterocycles. The number of hydrogen-bond donors (Lipinski definition) is 0. The molecule has 0 aliphatic rings. The Hall–Kier alpha value is -3.19. The molecule has 7 nitrogen and oxygen atoms in total. The van der Waals surface area contributed by atoms with Gasteiger partial charge < -0.3 is 18.5 Å². The highest BCUT2D eigenvalue weighted by Gasteiger charge is 2.14. The van der Waals surface area contributed by atoms with Crippen LogP contribution in [0.1, 0.15) is 18.3 Å². The molecule has 0 unspecified atom stereocenters. The van der Waals surface area contributed by atoms with Crippen LogP contribution in [-0.4, -0.2) is 46.0 Å². The van der Waals surface area contributed by atoms with Crippen molar-refractivity contribution in [2.45, 2.75) is 20.8 Å². The monoisotopic (exact) mass is 392 g/mol. The number of aromatic nitrogens is 3. The van der Waals surface area contributed by atoms with E-state index in [1.54, 1.807) is 6.07 Å². The zero-order chi connectivity index (χ0) is 20.5. The van der Waals surface area contributed by atoms with Gasteiger partial charge in [-0.25, -0.2) is 9.78 Å². The Bertz CT molecular complexity index is 1240. The van der Waals surface area contributed by atoms with Gasteiger partial charge in [0.15, 0.2) is 5.65 Å². The number of ether oxygens (including phenoxy) is 1. The second-order valence-electron chi connectivity index (χ2n) is 7.22. The minimum Gasteiger partial charge on any atom is -0.492 e. The lowest BCUT2D eigenvalue weighted by Crippen LogP contribution is -2.23. The molecule has 0 radical (unpaired) electrons. The normalized spacial score (nSPS) is 11.6. The first-order valence-corrected chi connectivity index (χ1v) is 9.67. The summed E-state index contributed by atoms with van der Waals surface area (Å²) in [6.07, 6.45) is 3.72. The first-order chi connectivity index (χ1) is 13.9. The molecular formula is C22H24N4O3. The zero-order valence-corrected chi connectivity index (χ0v) is 17.1. The van der Waals surface area contributed by atoms with Gasteiger partial charge in [0.2, 0.25) is 0 Å². The standard InChI is InChI=1S/C22H24N4O3/c1-5-25(4)8-9-28-17-7-6-16-10-18(22(27)29-20(16)11-17)19-13-26-12-14(2)23-15(3)21(26)24-19/h6-7,10-13H,5,8-9H2,1-4H3. The smallest absolute Gasteiger partial charge is 0.345 e. The van der Waals surface area contributed by atoms with Gasteiger partial charge in [-0.3, -0.25) is 4.98 Å². The van der Waals surface area contributed by atoms with Crippen molar-refractivity contribution < 1.29 is 9.15 Å². The summed E-state index contributed by atoms with van der Waals surface area (Å²) in [4.78, 5) is 23.8. The molecule has 150 valence electrons. The van der Waals surface area contributed by atoms with E-state index in [9.17, 15) is 4.79 Å². The predicted molar refractivity (Wildman–Crippen MR) is 113 cm³/mol. The van der Waals surface area contributed by atoms with Gasteiger partial charge in [0.1, 0.15) is 17.9 Å². The van der Waals surface area contributed by atoms with Crippen LogP contribution in [0, 0.1) is 13.8 Å². The lowest BCUT2D eigenvalue weighted by molar-refractivity contribution is 0.244. The molecule has 1 aromatic carbocycles. The Kier molecular flexibility index (Phi) is 5.07. The van der Waals surface area contributed by atoms with Gasteiger partial charge in [-0.15, -0.1) is 0 Å². The number of imidazole rings is 1. The molecule has 4 aromatic rings. The van der Waals surface area contributed by atoms with E-state index in [0.29, 0.717) is 29.2 Å². The van der Waals surface area contributed by atoms with E-state index in [-0.39, 0.29) is 0 Å². The fourth-order valence-corrected chi connectivity index (χ4v) is 3.27. The van der Waals surface area contributed by atoms with Gasteiger partial charge in [-0.05, 0) is 45.6 Å². The second kappa shape index (κ2) is 7.67. The molecule has 4 rings (SSSR count). The number of benzene rings is 1. The van der Waals surface area contributed by atoms with Crippen molar-refractivity contribution in [3.8, 4) is 17.0 Å². The molecule has 0 aliphatic heterocycles. The summed E-state index contributed by atoms with van der Waals surface area (Å²) in [6, 6.07) is 7.35. The van der Waals surface area contributed by atoms with E-state index in [1.807, 2.05) is 55.9 Å². The average Bonchev–Trinajstić information content (AvgIpc) is 3.11. The van der Waals surface area contributed by atoms with Crippen LogP contribution in [0.3, 0.4) is 0 Å². The first kappa shape index (κ1) is 19.1. The Morgan fingerprint density at radius 3 is 2.79 bits per heavy atom. The minimum absolute atomic E-state index is 0.425. The lowest BCUT2D eigenvalue weighted by atomic mass is 10.1. The molecule has 0 atom stereocenters. The summed E-state index contributed by atoms with van der Waals surface area (Å²) in [5, 5.41) is 0.820. The van der Waals surface area contributed by atoms with Crippen LogP contribution in [0.4, 0.5) is 0 Å². The molecule has 29 heavy (non-hydrogen) atoms. The highest BCUT2D eigenvalue weighted by atomic mass is 16.5. The highest BCUT2D eigenvalue weighted by molar-refractivity contribution is 5.82. The van der Waals surface area contributed by atoms with Crippen molar-refractivity contribution in [3.63, 3.8) is 0 Å². The summed E-state index contributed by atoms with van der Waals surface area (Å²) in [5.41, 5.74) is 3.50. The second-order valence-corrected chi connectivity index (χ2v) is 7.22. The van der Waals surface area contributed by atoms with Crippen molar-refractivity contribution in [2.24, 2.45) is 0 Å². The Labute approximate surface area is 168 Å². The van der Waals surface area contributed by atoms with Gasteiger partial charge >= 0.3 is 5.63 Å². The molecule has 0 bridgehead atoms. The number of likely N-dealkylation sites (N-methyl/N-ethyl adjacent to an activating group) is 1. The number of nitrogens with zero attached hydrogens (tertiary/aromatic N) is 4. The summed E-state index contributed by atoms with van der Waals surface area (Å²) < 4.78 is 13.2. The number of hydrogen-bond acceptors (Lipinski definition) is 6. The highest BCUT2D eigenvalue weighted by Crippen LogP contribution is 2.25. The summed E-state index contributed by atoms with van der Waals surface area (Å²) in [7, 11) is 2.04. The SMILES string of the molecule is CCN(C)CCOc1ccc2cc(-c3cn4cc(C)nc(C)c4n3)c(=O)oc2c1. The third kappa shape index (κ3) is 3.86. The quantitative estimate of drug-likeness (QED) is 0.468. The third-order valence-electron chi connectivity index (χ3n) is 4.99. The molecule has 0 saturated heterocycles. The lowest BCUT2D eigenvalue weighted by Gasteiger charge is -2.14. The van der Waals surface area contributed by atoms with Crippen LogP contribution >= 0.6 is 0 Å². The van der Waals surface area contributed by atoms with Gasteiger partial charge in [0.05, 0.1) is 22.6 Å². The Morgan fingerprint density at radius 1 is 1.17 bits per heavy atom. The summed E-state index contributed by atoms with van der Waals surface area (Å²) in [6.45, 7) is 8.31. The zero-order valence-electron chi connectivity index (χ0n) is 17.1. The van der Waals surface area contributed by atoms with Crippen LogP contribution in [0.2, 0.25) is 0 Å². The van der Waals surface area contributed by atoms with Crippen molar-refractivity contribution in [2.75, 3.05) is 26.7 Å². The van der Waals surface area contributed by atoms with Gasteiger partial charge in [-0.2, -0.15) is 0 Å². The fraction of sp³-hybridized carbons (Fsp3) is 0.318. The van der Waals surface area contributed by atoms with E-state index in [4.69, 9.17) is 9.15 Å². The number of rotatable bonds is 6. The van der Waals surface area contributed by atoms with E-state index >= 15 is 0 Å². The van der Waals surface area contributed by atoms with Crippen molar-refractivity contribution >= 4 is 16.6 Å². The van der Waals surface area contributed by atoms with Gasteiger partial charge in [0.25, 0.3) is 0 Å². The average molecular weight is 392 g/mol. The van der Waals surface area contributed by atoms with Crippen LogP contribution < -0.4 is 10.4 Å². The van der Waals surface area contributed by atoms with Crippen LogP contribution in [0.25, 0.3) is 27.9 Å². The van der Waals surface area contributed by atoms with E-state index < -0.39 is 5.63 Å². The molecule has 0 spiro atoms. The summed E-state index contributed by atoms with van der Waals surface area (Å²) >= 11 is 0. The maximum absolute atomic E-state index is 12.6. The van der Waals surface area contributed by atoms with Crippen LogP contribution in [-0.2, 0) is 0 Å². The number of aryl methyl sites for hydroxylation is 2. The third-order valence-corrected chi connectivity index (χ3v) is 4.99. The molecule has 0 N–H and O–H groups in total. The topological polar surface area (TPSA) is 72.9 Å². The molecule has 3 heterocycles. The molecule has 0 fully saturated rings. The molecule has 0 amide bonds. The first-order valence-electron chi connectivity index (χ1n) is 9.67. The van der Waals surface area contributed by atoms with Crippen LogP contribution in [0.5, 0.6) is 5.75 Å². The predicted octanol–water partition coefficient (Wildman–Crippen LogP) is 3.45. The largest absolute Gasteiger partial charge is 0.492 e. The van der Waals surface area contributed by atoms with Crippen LogP contribution in [0.15, 0.2) is 45.9 Å². The maximum atomic E-state index is 12.6. The molecule has 0 aliphatic carbocycles. The van der Waals surface area contributed by atoms with Crippen molar-refractivity contribution in [1.82, 2.24) is 19.3 Å². The molecular weight excluding hydrogens is 368 g/mol. The van der Waals surface area contributed by atoms with Gasteiger partial charge in [0, 0.05) is 30.4 Å².